The highest BCUT2D eigenvalue weighted by molar-refractivity contribution is 5.23. The van der Waals surface area contributed by atoms with Crippen LogP contribution in [-0.2, 0) is 4.74 Å². The van der Waals surface area contributed by atoms with Crippen molar-refractivity contribution in [2.45, 2.75) is 51.2 Å². The average molecular weight is 265 g/mol. The van der Waals surface area contributed by atoms with E-state index in [0.717, 1.165) is 24.8 Å². The Morgan fingerprint density at radius 1 is 1.53 bits per heavy atom. The van der Waals surface area contributed by atoms with Gasteiger partial charge in [-0.05, 0) is 43.4 Å². The zero-order chi connectivity index (χ0) is 13.9. The highest BCUT2D eigenvalue weighted by Crippen LogP contribution is 2.42. The Morgan fingerprint density at radius 3 is 2.95 bits per heavy atom. The van der Waals surface area contributed by atoms with Crippen molar-refractivity contribution in [2.75, 3.05) is 6.61 Å². The van der Waals surface area contributed by atoms with Gasteiger partial charge in [0.05, 0.1) is 11.6 Å². The summed E-state index contributed by atoms with van der Waals surface area (Å²) in [6, 6.07) is 6.34. The lowest BCUT2D eigenvalue weighted by Gasteiger charge is -2.44. The van der Waals surface area contributed by atoms with Crippen LogP contribution in [0.15, 0.2) is 24.3 Å². The molecule has 0 bridgehead atoms. The maximum atomic E-state index is 13.4. The monoisotopic (exact) mass is 265 g/mol. The smallest absolute Gasteiger partial charge is 0.123 e. The summed E-state index contributed by atoms with van der Waals surface area (Å²) in [6.45, 7) is 4.89. The van der Waals surface area contributed by atoms with E-state index in [4.69, 9.17) is 10.5 Å². The minimum Gasteiger partial charge on any atom is -0.373 e. The van der Waals surface area contributed by atoms with E-state index >= 15 is 0 Å². The van der Waals surface area contributed by atoms with Crippen LogP contribution < -0.4 is 5.73 Å². The summed E-state index contributed by atoms with van der Waals surface area (Å²) < 4.78 is 19.4. The van der Waals surface area contributed by atoms with E-state index in [9.17, 15) is 4.39 Å². The largest absolute Gasteiger partial charge is 0.373 e. The molecule has 1 aliphatic rings. The Hall–Kier alpha value is -0.930. The van der Waals surface area contributed by atoms with Gasteiger partial charge in [0.1, 0.15) is 5.82 Å². The second-order valence-corrected chi connectivity index (χ2v) is 5.73. The third-order valence-electron chi connectivity index (χ3n) is 4.20. The molecule has 19 heavy (non-hydrogen) atoms. The first-order chi connectivity index (χ1) is 9.07. The van der Waals surface area contributed by atoms with Crippen molar-refractivity contribution >= 4 is 0 Å². The van der Waals surface area contributed by atoms with Crippen molar-refractivity contribution in [3.63, 3.8) is 0 Å². The summed E-state index contributed by atoms with van der Waals surface area (Å²) in [7, 11) is 0. The molecule has 3 atom stereocenters. The van der Waals surface area contributed by atoms with Crippen molar-refractivity contribution in [1.29, 1.82) is 0 Å². The van der Waals surface area contributed by atoms with Gasteiger partial charge in [-0.3, -0.25) is 0 Å². The Bertz CT molecular complexity index is 419. The number of halogens is 1. The number of benzene rings is 1. The normalized spacial score (nSPS) is 29.2. The molecule has 0 radical (unpaired) electrons. The van der Waals surface area contributed by atoms with Crippen molar-refractivity contribution in [3.8, 4) is 0 Å². The first-order valence-electron chi connectivity index (χ1n) is 7.22. The summed E-state index contributed by atoms with van der Waals surface area (Å²) in [5.41, 5.74) is 6.93. The third kappa shape index (κ3) is 3.15. The van der Waals surface area contributed by atoms with Gasteiger partial charge in [0.15, 0.2) is 0 Å². The van der Waals surface area contributed by atoms with E-state index in [1.807, 2.05) is 13.0 Å². The van der Waals surface area contributed by atoms with Crippen LogP contribution in [0.2, 0.25) is 0 Å². The van der Waals surface area contributed by atoms with E-state index in [-0.39, 0.29) is 17.5 Å². The molecule has 2 nitrogen and oxygen atoms in total. The number of ether oxygens (including phenoxy) is 1. The predicted octanol–water partition coefficient (Wildman–Crippen LogP) is 3.81. The van der Waals surface area contributed by atoms with Crippen LogP contribution in [0.3, 0.4) is 0 Å². The fourth-order valence-electron chi connectivity index (χ4n) is 3.34. The SMILES string of the molecule is CCOC1(C(N)c2cccc(F)c2)CCCC(C)C1. The quantitative estimate of drug-likeness (QED) is 0.898. The second kappa shape index (κ2) is 6.02. The van der Waals surface area contributed by atoms with E-state index < -0.39 is 0 Å². The average Bonchev–Trinajstić information content (AvgIpc) is 2.38. The van der Waals surface area contributed by atoms with E-state index in [1.54, 1.807) is 6.07 Å². The van der Waals surface area contributed by atoms with Crippen LogP contribution in [0.4, 0.5) is 4.39 Å². The molecule has 0 aromatic heterocycles. The maximum Gasteiger partial charge on any atom is 0.123 e. The molecule has 0 spiro atoms. The van der Waals surface area contributed by atoms with Crippen LogP contribution in [0.25, 0.3) is 0 Å². The van der Waals surface area contributed by atoms with E-state index in [2.05, 4.69) is 6.92 Å². The molecule has 2 rings (SSSR count). The summed E-state index contributed by atoms with van der Waals surface area (Å²) in [4.78, 5) is 0. The molecular formula is C16H24FNO. The second-order valence-electron chi connectivity index (χ2n) is 5.73. The molecule has 0 saturated heterocycles. The van der Waals surface area contributed by atoms with Gasteiger partial charge in [-0.2, -0.15) is 0 Å². The highest BCUT2D eigenvalue weighted by Gasteiger charge is 2.41. The van der Waals surface area contributed by atoms with E-state index in [1.165, 1.54) is 18.6 Å². The zero-order valence-corrected chi connectivity index (χ0v) is 11.9. The van der Waals surface area contributed by atoms with Gasteiger partial charge in [-0.1, -0.05) is 31.9 Å². The first-order valence-corrected chi connectivity index (χ1v) is 7.22. The van der Waals surface area contributed by atoms with Gasteiger partial charge in [0.2, 0.25) is 0 Å². The number of rotatable bonds is 4. The van der Waals surface area contributed by atoms with Crippen molar-refractivity contribution in [3.05, 3.63) is 35.6 Å². The molecule has 3 unspecified atom stereocenters. The summed E-state index contributed by atoms with van der Waals surface area (Å²) in [5, 5.41) is 0. The van der Waals surface area contributed by atoms with Gasteiger partial charge >= 0.3 is 0 Å². The molecule has 1 saturated carbocycles. The summed E-state index contributed by atoms with van der Waals surface area (Å²) in [6.07, 6.45) is 4.27. The Kier molecular flexibility index (Phi) is 4.58. The van der Waals surface area contributed by atoms with Gasteiger partial charge in [0.25, 0.3) is 0 Å². The number of hydrogen-bond donors (Lipinski definition) is 1. The van der Waals surface area contributed by atoms with Crippen LogP contribution in [0.1, 0.15) is 51.1 Å². The molecule has 1 fully saturated rings. The first kappa shape index (κ1) is 14.5. The molecule has 1 aliphatic carbocycles. The van der Waals surface area contributed by atoms with Crippen LogP contribution in [-0.4, -0.2) is 12.2 Å². The van der Waals surface area contributed by atoms with Gasteiger partial charge < -0.3 is 10.5 Å². The Morgan fingerprint density at radius 2 is 2.32 bits per heavy atom. The minimum absolute atomic E-state index is 0.233. The van der Waals surface area contributed by atoms with Gasteiger partial charge in [-0.25, -0.2) is 4.39 Å². The van der Waals surface area contributed by atoms with Crippen LogP contribution >= 0.6 is 0 Å². The molecule has 1 aromatic rings. The van der Waals surface area contributed by atoms with Crippen molar-refractivity contribution < 1.29 is 9.13 Å². The number of hydrogen-bond acceptors (Lipinski definition) is 2. The van der Waals surface area contributed by atoms with Crippen molar-refractivity contribution in [2.24, 2.45) is 11.7 Å². The molecule has 0 amide bonds. The standard InChI is InChI=1S/C16H24FNO/c1-3-19-16(9-5-6-12(2)11-16)15(18)13-7-4-8-14(17)10-13/h4,7-8,10,12,15H,3,5-6,9,11,18H2,1-2H3. The van der Waals surface area contributed by atoms with E-state index in [0.29, 0.717) is 12.5 Å². The third-order valence-corrected chi connectivity index (χ3v) is 4.20. The molecule has 0 aliphatic heterocycles. The molecule has 0 heterocycles. The Labute approximate surface area is 115 Å². The van der Waals surface area contributed by atoms with Gasteiger partial charge in [0, 0.05) is 6.61 Å². The fraction of sp³-hybridized carbons (Fsp3) is 0.625. The summed E-state index contributed by atoms with van der Waals surface area (Å²) >= 11 is 0. The molecule has 2 N–H and O–H groups in total. The molecule has 3 heteroatoms. The zero-order valence-electron chi connectivity index (χ0n) is 11.9. The molecular weight excluding hydrogens is 241 g/mol. The van der Waals surface area contributed by atoms with Crippen LogP contribution in [0, 0.1) is 11.7 Å². The van der Waals surface area contributed by atoms with Crippen molar-refractivity contribution in [1.82, 2.24) is 0 Å². The molecule has 106 valence electrons. The summed E-state index contributed by atoms with van der Waals surface area (Å²) in [5.74, 6) is 0.378. The lowest BCUT2D eigenvalue weighted by molar-refractivity contribution is -0.0938. The molecule has 1 aromatic carbocycles. The highest BCUT2D eigenvalue weighted by atomic mass is 19.1. The lowest BCUT2D eigenvalue weighted by Crippen LogP contribution is -2.47. The number of nitrogens with two attached hydrogens (primary N) is 1. The topological polar surface area (TPSA) is 35.2 Å². The Balaban J connectivity index is 2.27. The van der Waals surface area contributed by atoms with Crippen LogP contribution in [0.5, 0.6) is 0 Å². The lowest BCUT2D eigenvalue weighted by atomic mass is 9.73. The maximum absolute atomic E-state index is 13.4. The van der Waals surface area contributed by atoms with Gasteiger partial charge in [-0.15, -0.1) is 0 Å². The fourth-order valence-corrected chi connectivity index (χ4v) is 3.34. The predicted molar refractivity (Wildman–Crippen MR) is 75.3 cm³/mol. The minimum atomic E-state index is -0.333.